The minimum Gasteiger partial charge on any atom is -0.508 e. The number of phenols is 1. The highest BCUT2D eigenvalue weighted by atomic mass is 19.1. The van der Waals surface area contributed by atoms with Crippen LogP contribution < -0.4 is 5.43 Å². The molecule has 4 rings (SSSR count). The lowest BCUT2D eigenvalue weighted by molar-refractivity contribution is 0.0785. The molecule has 138 valence electrons. The SMILES string of the molecule is O=C(c1c[nH]c2ccc(F)cc2c1=O)N1CCC(Cc2ccc(O)cc2)C1. The van der Waals surface area contributed by atoms with Gasteiger partial charge in [-0.05, 0) is 54.7 Å². The Morgan fingerprint density at radius 2 is 2.00 bits per heavy atom. The van der Waals surface area contributed by atoms with Crippen LogP contribution in [0, 0.1) is 11.7 Å². The first-order valence-corrected chi connectivity index (χ1v) is 8.89. The Hall–Kier alpha value is -3.15. The van der Waals surface area contributed by atoms with Crippen LogP contribution in [0.3, 0.4) is 0 Å². The van der Waals surface area contributed by atoms with Crippen molar-refractivity contribution in [3.63, 3.8) is 0 Å². The smallest absolute Gasteiger partial charge is 0.259 e. The molecule has 1 saturated heterocycles. The summed E-state index contributed by atoms with van der Waals surface area (Å²) in [5, 5.41) is 9.55. The summed E-state index contributed by atoms with van der Waals surface area (Å²) in [5.41, 5.74) is 1.20. The monoisotopic (exact) mass is 366 g/mol. The van der Waals surface area contributed by atoms with E-state index in [4.69, 9.17) is 0 Å². The van der Waals surface area contributed by atoms with Crippen LogP contribution in [0.15, 0.2) is 53.5 Å². The molecule has 1 aliphatic rings. The van der Waals surface area contributed by atoms with Gasteiger partial charge in [0, 0.05) is 30.2 Å². The van der Waals surface area contributed by atoms with Crippen LogP contribution in [-0.4, -0.2) is 34.0 Å². The molecule has 3 aromatic rings. The van der Waals surface area contributed by atoms with Gasteiger partial charge in [0.1, 0.15) is 17.1 Å². The van der Waals surface area contributed by atoms with Crippen LogP contribution in [0.4, 0.5) is 4.39 Å². The van der Waals surface area contributed by atoms with Crippen LogP contribution in [0.2, 0.25) is 0 Å². The highest BCUT2D eigenvalue weighted by Gasteiger charge is 2.28. The van der Waals surface area contributed by atoms with E-state index in [1.165, 1.54) is 18.3 Å². The number of aromatic nitrogens is 1. The molecule has 2 N–H and O–H groups in total. The molecule has 6 heteroatoms. The zero-order valence-corrected chi connectivity index (χ0v) is 14.6. The molecule has 1 fully saturated rings. The van der Waals surface area contributed by atoms with E-state index < -0.39 is 11.2 Å². The molecule has 1 aliphatic heterocycles. The van der Waals surface area contributed by atoms with Crippen molar-refractivity contribution in [3.8, 4) is 5.75 Å². The van der Waals surface area contributed by atoms with Crippen LogP contribution in [0.5, 0.6) is 5.75 Å². The number of aromatic amines is 1. The molecule has 1 amide bonds. The van der Waals surface area contributed by atoms with Gasteiger partial charge >= 0.3 is 0 Å². The average molecular weight is 366 g/mol. The molecule has 2 heterocycles. The van der Waals surface area contributed by atoms with Crippen molar-refractivity contribution in [2.24, 2.45) is 5.92 Å². The Bertz CT molecular complexity index is 1060. The first-order valence-electron chi connectivity index (χ1n) is 8.89. The molecule has 1 aromatic heterocycles. The van der Waals surface area contributed by atoms with Crippen molar-refractivity contribution in [3.05, 3.63) is 75.8 Å². The van der Waals surface area contributed by atoms with Gasteiger partial charge in [0.2, 0.25) is 5.43 Å². The fraction of sp³-hybridized carbons (Fsp3) is 0.238. The number of carbonyl (C=O) groups excluding carboxylic acids is 1. The Morgan fingerprint density at radius 3 is 2.78 bits per heavy atom. The van der Waals surface area contributed by atoms with Crippen molar-refractivity contribution in [2.75, 3.05) is 13.1 Å². The van der Waals surface area contributed by atoms with Crippen molar-refractivity contribution in [2.45, 2.75) is 12.8 Å². The number of nitrogens with zero attached hydrogens (tertiary/aromatic N) is 1. The number of benzene rings is 2. The first kappa shape index (κ1) is 17.3. The molecule has 5 nitrogen and oxygen atoms in total. The van der Waals surface area contributed by atoms with Gasteiger partial charge in [0.25, 0.3) is 5.91 Å². The van der Waals surface area contributed by atoms with Crippen molar-refractivity contribution >= 4 is 16.8 Å². The molecule has 0 spiro atoms. The lowest BCUT2D eigenvalue weighted by Crippen LogP contribution is -2.32. The molecule has 27 heavy (non-hydrogen) atoms. The highest BCUT2D eigenvalue weighted by Crippen LogP contribution is 2.23. The van der Waals surface area contributed by atoms with Gasteiger partial charge in [-0.1, -0.05) is 12.1 Å². The first-order chi connectivity index (χ1) is 13.0. The molecule has 0 radical (unpaired) electrons. The van der Waals surface area contributed by atoms with Crippen molar-refractivity contribution < 1.29 is 14.3 Å². The third kappa shape index (κ3) is 3.43. The van der Waals surface area contributed by atoms with E-state index in [2.05, 4.69) is 4.98 Å². The minimum absolute atomic E-state index is 0.0402. The van der Waals surface area contributed by atoms with E-state index in [9.17, 15) is 19.1 Å². The maximum absolute atomic E-state index is 13.5. The number of amides is 1. The van der Waals surface area contributed by atoms with E-state index >= 15 is 0 Å². The van der Waals surface area contributed by atoms with Crippen LogP contribution >= 0.6 is 0 Å². The lowest BCUT2D eigenvalue weighted by atomic mass is 9.99. The molecule has 0 saturated carbocycles. The molecular formula is C21H19FN2O3. The van der Waals surface area contributed by atoms with E-state index in [0.717, 1.165) is 24.5 Å². The quantitative estimate of drug-likeness (QED) is 0.748. The van der Waals surface area contributed by atoms with Gasteiger partial charge in [-0.15, -0.1) is 0 Å². The number of hydrogen-bond donors (Lipinski definition) is 2. The van der Waals surface area contributed by atoms with Gasteiger partial charge in [0.15, 0.2) is 0 Å². The summed E-state index contributed by atoms with van der Waals surface area (Å²) in [6.45, 7) is 1.16. The number of H-pyrrole nitrogens is 1. The molecule has 0 bridgehead atoms. The summed E-state index contributed by atoms with van der Waals surface area (Å²) in [6.07, 6.45) is 3.08. The number of phenolic OH excluding ortho intramolecular Hbond substituents is 1. The predicted molar refractivity (Wildman–Crippen MR) is 100 cm³/mol. The molecule has 2 aromatic carbocycles. The van der Waals surface area contributed by atoms with Crippen LogP contribution in [0.25, 0.3) is 10.9 Å². The number of pyridine rings is 1. The van der Waals surface area contributed by atoms with Gasteiger partial charge in [-0.2, -0.15) is 0 Å². The standard InChI is InChI=1S/C21H19FN2O3/c22-15-3-6-19-17(10-15)20(26)18(11-23-19)21(27)24-8-7-14(12-24)9-13-1-4-16(25)5-2-13/h1-6,10-11,14,25H,7-9,12H2,(H,23,26). The summed E-state index contributed by atoms with van der Waals surface area (Å²) in [6, 6.07) is 11.0. The number of likely N-dealkylation sites (tertiary alicyclic amines) is 1. The summed E-state index contributed by atoms with van der Waals surface area (Å²) in [7, 11) is 0. The fourth-order valence-electron chi connectivity index (χ4n) is 3.67. The maximum Gasteiger partial charge on any atom is 0.259 e. The number of fused-ring (bicyclic) bond motifs is 1. The molecule has 1 atom stereocenters. The molecular weight excluding hydrogens is 347 g/mol. The highest BCUT2D eigenvalue weighted by molar-refractivity contribution is 5.97. The average Bonchev–Trinajstić information content (AvgIpc) is 3.12. The molecule has 1 unspecified atom stereocenters. The lowest BCUT2D eigenvalue weighted by Gasteiger charge is -2.16. The number of hydrogen-bond acceptors (Lipinski definition) is 3. The van der Waals surface area contributed by atoms with E-state index in [1.807, 2.05) is 12.1 Å². The Balaban J connectivity index is 1.52. The summed E-state index contributed by atoms with van der Waals surface area (Å²) < 4.78 is 13.5. The number of nitrogens with one attached hydrogen (secondary N) is 1. The summed E-state index contributed by atoms with van der Waals surface area (Å²) in [5.74, 6) is -0.298. The fourth-order valence-corrected chi connectivity index (χ4v) is 3.67. The topological polar surface area (TPSA) is 73.4 Å². The number of halogens is 1. The van der Waals surface area contributed by atoms with E-state index in [1.54, 1.807) is 17.0 Å². The number of aromatic hydroxyl groups is 1. The molecule has 0 aliphatic carbocycles. The largest absolute Gasteiger partial charge is 0.508 e. The third-order valence-electron chi connectivity index (χ3n) is 5.11. The zero-order chi connectivity index (χ0) is 19.0. The normalized spacial score (nSPS) is 16.8. The van der Waals surface area contributed by atoms with Crippen LogP contribution in [-0.2, 0) is 6.42 Å². The minimum atomic E-state index is -0.507. The zero-order valence-electron chi connectivity index (χ0n) is 14.6. The summed E-state index contributed by atoms with van der Waals surface area (Å²) >= 11 is 0. The van der Waals surface area contributed by atoms with Gasteiger partial charge in [0.05, 0.1) is 0 Å². The van der Waals surface area contributed by atoms with E-state index in [-0.39, 0.29) is 22.6 Å². The third-order valence-corrected chi connectivity index (χ3v) is 5.11. The van der Waals surface area contributed by atoms with E-state index in [0.29, 0.717) is 24.5 Å². The van der Waals surface area contributed by atoms with Crippen LogP contribution in [0.1, 0.15) is 22.3 Å². The maximum atomic E-state index is 13.5. The Morgan fingerprint density at radius 1 is 1.22 bits per heavy atom. The predicted octanol–water partition coefficient (Wildman–Crippen LogP) is 3.08. The second-order valence-electron chi connectivity index (χ2n) is 7.00. The summed E-state index contributed by atoms with van der Waals surface area (Å²) in [4.78, 5) is 30.0. The van der Waals surface area contributed by atoms with Gasteiger partial charge < -0.3 is 15.0 Å². The second kappa shape index (κ2) is 6.87. The Labute approximate surface area is 155 Å². The number of carbonyl (C=O) groups is 1. The van der Waals surface area contributed by atoms with Crippen molar-refractivity contribution in [1.82, 2.24) is 9.88 Å². The van der Waals surface area contributed by atoms with Gasteiger partial charge in [-0.25, -0.2) is 4.39 Å². The second-order valence-corrected chi connectivity index (χ2v) is 7.00. The Kier molecular flexibility index (Phi) is 4.39. The van der Waals surface area contributed by atoms with Crippen molar-refractivity contribution in [1.29, 1.82) is 0 Å². The number of rotatable bonds is 3. The van der Waals surface area contributed by atoms with Gasteiger partial charge in [-0.3, -0.25) is 9.59 Å².